The number of pyridine rings is 1. The predicted octanol–water partition coefficient (Wildman–Crippen LogP) is 7.89. The van der Waals surface area contributed by atoms with Gasteiger partial charge in [0.2, 0.25) is 6.41 Å². The molecular formula is C37H50Cl2FN5O3. The second kappa shape index (κ2) is 18.3. The lowest BCUT2D eigenvalue weighted by atomic mass is 9.82. The van der Waals surface area contributed by atoms with E-state index in [2.05, 4.69) is 28.6 Å². The maximum Gasteiger partial charge on any atom is 0.204 e. The average Bonchev–Trinajstić information content (AvgIpc) is 4.03. The number of anilines is 1. The maximum absolute atomic E-state index is 15.1. The fourth-order valence-corrected chi connectivity index (χ4v) is 5.69. The number of halogens is 3. The van der Waals surface area contributed by atoms with E-state index in [0.29, 0.717) is 33.6 Å². The van der Waals surface area contributed by atoms with Crippen molar-refractivity contribution in [3.8, 4) is 17.0 Å². The summed E-state index contributed by atoms with van der Waals surface area (Å²) in [7, 11) is 1.50. The molecule has 3 aromatic rings. The average molecular weight is 703 g/mol. The number of nitrogens with two attached hydrogens (primary N) is 3. The molecule has 2 heterocycles. The van der Waals surface area contributed by atoms with E-state index in [1.807, 2.05) is 47.6 Å². The zero-order valence-electron chi connectivity index (χ0n) is 29.1. The zero-order chi connectivity index (χ0) is 36.2. The molecule has 2 atom stereocenters. The largest absolute Gasteiger partial charge is 0.490 e. The third-order valence-electron chi connectivity index (χ3n) is 8.17. The Balaban J connectivity index is 0.000000816. The van der Waals surface area contributed by atoms with Crippen molar-refractivity contribution in [1.82, 2.24) is 4.98 Å². The Bertz CT molecular complexity index is 1580. The van der Waals surface area contributed by atoms with E-state index < -0.39 is 16.2 Å². The highest BCUT2D eigenvalue weighted by molar-refractivity contribution is 6.30. The van der Waals surface area contributed by atoms with Crippen molar-refractivity contribution < 1.29 is 18.7 Å². The van der Waals surface area contributed by atoms with Gasteiger partial charge < -0.3 is 26.7 Å². The number of amides is 1. The maximum atomic E-state index is 15.1. The van der Waals surface area contributed by atoms with Crippen LogP contribution in [0.3, 0.4) is 0 Å². The lowest BCUT2D eigenvalue weighted by Gasteiger charge is -2.22. The van der Waals surface area contributed by atoms with Gasteiger partial charge in [0.25, 0.3) is 0 Å². The van der Waals surface area contributed by atoms with Crippen molar-refractivity contribution in [2.24, 2.45) is 22.4 Å². The van der Waals surface area contributed by atoms with Crippen molar-refractivity contribution in [2.75, 3.05) is 19.4 Å². The molecule has 2 unspecified atom stereocenters. The number of nitrogens with zero attached hydrogens (tertiary/aromatic N) is 2. The highest BCUT2D eigenvalue weighted by Gasteiger charge is 2.42. The first-order chi connectivity index (χ1) is 23.0. The number of primary amides is 1. The van der Waals surface area contributed by atoms with E-state index in [0.717, 1.165) is 66.3 Å². The third kappa shape index (κ3) is 9.77. The molecule has 2 fully saturated rings. The van der Waals surface area contributed by atoms with Gasteiger partial charge >= 0.3 is 0 Å². The summed E-state index contributed by atoms with van der Waals surface area (Å²) in [5.41, 5.74) is 20.2. The van der Waals surface area contributed by atoms with Crippen molar-refractivity contribution in [1.29, 1.82) is 0 Å². The smallest absolute Gasteiger partial charge is 0.204 e. The first-order valence-electron chi connectivity index (χ1n) is 16.5. The molecule has 0 radical (unpaired) electrons. The van der Waals surface area contributed by atoms with Crippen molar-refractivity contribution in [3.63, 3.8) is 0 Å². The number of hydrogen-bond acceptors (Lipinski definition) is 7. The summed E-state index contributed by atoms with van der Waals surface area (Å²) >= 11 is 12.4. The van der Waals surface area contributed by atoms with Gasteiger partial charge in [0.1, 0.15) is 35.2 Å². The van der Waals surface area contributed by atoms with Crippen LogP contribution in [-0.2, 0) is 21.4 Å². The minimum atomic E-state index is -0.833. The first kappa shape index (κ1) is 40.6. The van der Waals surface area contributed by atoms with Gasteiger partial charge in [0.05, 0.1) is 5.41 Å². The topological polar surface area (TPSA) is 147 Å². The van der Waals surface area contributed by atoms with Gasteiger partial charge in [-0.05, 0) is 100 Å². The zero-order valence-corrected chi connectivity index (χ0v) is 30.6. The van der Waals surface area contributed by atoms with Gasteiger partial charge in [-0.1, -0.05) is 57.0 Å². The summed E-state index contributed by atoms with van der Waals surface area (Å²) in [6.45, 7) is 12.0. The molecule has 0 saturated heterocycles. The van der Waals surface area contributed by atoms with Crippen LogP contribution >= 0.6 is 23.2 Å². The van der Waals surface area contributed by atoms with Crippen LogP contribution in [0.15, 0.2) is 41.4 Å². The number of aldehydes is 1. The summed E-state index contributed by atoms with van der Waals surface area (Å²) in [6, 6.07) is 10.7. The number of carbonyl (C=O) groups is 2. The van der Waals surface area contributed by atoms with Crippen molar-refractivity contribution >= 4 is 47.8 Å². The normalized spacial score (nSPS) is 18.5. The van der Waals surface area contributed by atoms with E-state index in [-0.39, 0.29) is 18.9 Å². The molecule has 1 aromatic heterocycles. The lowest BCUT2D eigenvalue weighted by molar-refractivity contribution is -0.112. The number of benzene rings is 2. The number of aliphatic imine (C=N–C) groups is 1. The van der Waals surface area contributed by atoms with Crippen LogP contribution in [0.1, 0.15) is 94.2 Å². The van der Waals surface area contributed by atoms with Crippen LogP contribution in [0.2, 0.25) is 5.02 Å². The highest BCUT2D eigenvalue weighted by Crippen LogP contribution is 2.49. The first-order valence-corrected chi connectivity index (χ1v) is 17.2. The molecule has 6 rings (SSSR count). The summed E-state index contributed by atoms with van der Waals surface area (Å²) in [6.07, 6.45) is 7.61. The monoisotopic (exact) mass is 701 g/mol. The van der Waals surface area contributed by atoms with Crippen molar-refractivity contribution in [3.05, 3.63) is 75.2 Å². The quantitative estimate of drug-likeness (QED) is 0.0715. The van der Waals surface area contributed by atoms with Crippen LogP contribution < -0.4 is 21.9 Å². The minimum absolute atomic E-state index is 0.0801. The van der Waals surface area contributed by atoms with Crippen LogP contribution in [0.25, 0.3) is 11.3 Å². The predicted molar refractivity (Wildman–Crippen MR) is 197 cm³/mol. The molecule has 2 aromatic carbocycles. The molecule has 6 N–H and O–H groups in total. The van der Waals surface area contributed by atoms with Gasteiger partial charge in [-0.15, -0.1) is 0 Å². The summed E-state index contributed by atoms with van der Waals surface area (Å²) in [5.74, 6) is 0.500. The Morgan fingerprint density at radius 3 is 2.27 bits per heavy atom. The van der Waals surface area contributed by atoms with Gasteiger partial charge in [0.15, 0.2) is 0 Å². The summed E-state index contributed by atoms with van der Waals surface area (Å²) in [5, 5.41) is 0.304. The van der Waals surface area contributed by atoms with Gasteiger partial charge in [-0.2, -0.15) is 0 Å². The van der Waals surface area contributed by atoms with Crippen molar-refractivity contribution in [2.45, 2.75) is 90.0 Å². The number of alkyl halides is 1. The van der Waals surface area contributed by atoms with E-state index in [1.54, 1.807) is 18.3 Å². The van der Waals surface area contributed by atoms with Crippen LogP contribution in [0.4, 0.5) is 10.1 Å². The number of ether oxygens (including phenoxy) is 1. The molecule has 48 heavy (non-hydrogen) atoms. The summed E-state index contributed by atoms with van der Waals surface area (Å²) in [4.78, 5) is 29.8. The molecule has 262 valence electrons. The fraction of sp³-hybridized carbons (Fsp3) is 0.459. The lowest BCUT2D eigenvalue weighted by Crippen LogP contribution is -2.25. The Labute approximate surface area is 294 Å². The molecule has 11 heteroatoms. The minimum Gasteiger partial charge on any atom is -0.490 e. The molecule has 8 nitrogen and oxygen atoms in total. The number of fused-ring (bicyclic) bond motifs is 1. The van der Waals surface area contributed by atoms with Crippen LogP contribution in [-0.4, -0.2) is 42.5 Å². The van der Waals surface area contributed by atoms with E-state index >= 15 is 4.39 Å². The number of nitrogen functional groups attached to an aromatic ring is 1. The Kier molecular flexibility index (Phi) is 15.5. The van der Waals surface area contributed by atoms with E-state index in [1.165, 1.54) is 13.1 Å². The highest BCUT2D eigenvalue weighted by atomic mass is 35.5. The Morgan fingerprint density at radius 1 is 1.10 bits per heavy atom. The van der Waals surface area contributed by atoms with Gasteiger partial charge in [-0.25, -0.2) is 9.37 Å². The van der Waals surface area contributed by atoms with Crippen LogP contribution in [0.5, 0.6) is 5.75 Å². The molecule has 1 amide bonds. The van der Waals surface area contributed by atoms with Gasteiger partial charge in [0, 0.05) is 45.2 Å². The molecule has 2 aliphatic carbocycles. The van der Waals surface area contributed by atoms with E-state index in [9.17, 15) is 4.79 Å². The molecule has 0 bridgehead atoms. The second-order valence-corrected chi connectivity index (χ2v) is 12.7. The molecule has 1 aliphatic heterocycles. The van der Waals surface area contributed by atoms with E-state index in [4.69, 9.17) is 43.5 Å². The summed E-state index contributed by atoms with van der Waals surface area (Å²) < 4.78 is 21.1. The fourth-order valence-electron chi connectivity index (χ4n) is 5.38. The molecule has 2 saturated carbocycles. The van der Waals surface area contributed by atoms with Gasteiger partial charge in [-0.3, -0.25) is 9.79 Å². The van der Waals surface area contributed by atoms with Crippen LogP contribution in [0, 0.1) is 18.7 Å². The number of hydrogen-bond donors (Lipinski definition) is 3. The number of aryl methyl sites for hydroxylation is 1. The molecular weight excluding hydrogens is 652 g/mol. The molecule has 0 spiro atoms. The Hall–Kier alpha value is -3.53. The Morgan fingerprint density at radius 2 is 1.73 bits per heavy atom. The SMILES string of the molecule is CC.CC.CN.Cc1cc(CC(c2cc3c(c(-c4ccc(Cl)cc4F)n2)OCC3(C)C=O)C2CC2)cc(/C=N/C2(Cl)CC2)c1N.NC=O. The molecule has 3 aliphatic rings. The number of aromatic nitrogens is 1. The third-order valence-corrected chi connectivity index (χ3v) is 8.88. The second-order valence-electron chi connectivity index (χ2n) is 11.6. The number of rotatable bonds is 8. The number of carbonyl (C=O) groups excluding carboxylic acids is 2. The standard InChI is InChI=1S/C31H30Cl2FN3O2.2C2H6.CH3NO.CH5N/c1-17-9-18(10-20(27(17)35)14-36-31(33)7-8-31)11-23(19-3-4-19)26-13-24-29(39-16-30(24,2)15-38)28(37-26)22-6-5-21(32)12-25(22)34;2*1-2;2-1-3;1-2/h5-6,9-10,12-15,19,23H,3-4,7-8,11,16,35H2,1-2H3;2*1-2H3;1H,(H2,2,3);2H2,1H3/b36-14+;;;;.